The topological polar surface area (TPSA) is 63.6 Å². The summed E-state index contributed by atoms with van der Waals surface area (Å²) in [6.07, 6.45) is 2.30. The van der Waals surface area contributed by atoms with Gasteiger partial charge in [-0.2, -0.15) is 0 Å². The van der Waals surface area contributed by atoms with Gasteiger partial charge in [-0.05, 0) is 25.8 Å². The third-order valence-electron chi connectivity index (χ3n) is 2.66. The fourth-order valence-corrected chi connectivity index (χ4v) is 1.69. The SMILES string of the molecule is CCCCOC(=O)C(O)C1CC(C)=CC1=O. The van der Waals surface area contributed by atoms with Gasteiger partial charge in [0.15, 0.2) is 11.9 Å². The molecule has 0 bridgehead atoms. The van der Waals surface area contributed by atoms with Crippen molar-refractivity contribution < 1.29 is 19.4 Å². The van der Waals surface area contributed by atoms with Crippen molar-refractivity contribution >= 4 is 11.8 Å². The number of aliphatic hydroxyl groups excluding tert-OH is 1. The molecule has 2 unspecified atom stereocenters. The summed E-state index contributed by atoms with van der Waals surface area (Å²) in [6, 6.07) is 0. The van der Waals surface area contributed by atoms with Gasteiger partial charge in [-0.15, -0.1) is 0 Å². The van der Waals surface area contributed by atoms with Crippen molar-refractivity contribution in [1.29, 1.82) is 0 Å². The largest absolute Gasteiger partial charge is 0.464 e. The first kappa shape index (κ1) is 12.9. The van der Waals surface area contributed by atoms with Gasteiger partial charge in [0.05, 0.1) is 12.5 Å². The third kappa shape index (κ3) is 3.17. The Morgan fingerprint density at radius 1 is 1.69 bits per heavy atom. The number of ketones is 1. The molecule has 0 amide bonds. The van der Waals surface area contributed by atoms with Gasteiger partial charge in [0.25, 0.3) is 0 Å². The summed E-state index contributed by atoms with van der Waals surface area (Å²) in [6.45, 7) is 4.10. The van der Waals surface area contributed by atoms with Crippen LogP contribution in [-0.2, 0) is 14.3 Å². The van der Waals surface area contributed by atoms with E-state index in [1.54, 1.807) is 0 Å². The Hall–Kier alpha value is -1.16. The number of ether oxygens (including phenoxy) is 1. The molecule has 2 atom stereocenters. The monoisotopic (exact) mass is 226 g/mol. The van der Waals surface area contributed by atoms with Crippen LogP contribution >= 0.6 is 0 Å². The highest BCUT2D eigenvalue weighted by atomic mass is 16.5. The molecular formula is C12H18O4. The number of carbonyl (C=O) groups is 2. The molecule has 0 aromatic heterocycles. The Labute approximate surface area is 95.3 Å². The molecule has 4 nitrogen and oxygen atoms in total. The van der Waals surface area contributed by atoms with Crippen LogP contribution in [0.3, 0.4) is 0 Å². The fraction of sp³-hybridized carbons (Fsp3) is 0.667. The maximum Gasteiger partial charge on any atom is 0.335 e. The summed E-state index contributed by atoms with van der Waals surface area (Å²) >= 11 is 0. The van der Waals surface area contributed by atoms with E-state index in [4.69, 9.17) is 4.74 Å². The van der Waals surface area contributed by atoms with Gasteiger partial charge in [0.1, 0.15) is 0 Å². The maximum absolute atomic E-state index is 11.4. The van der Waals surface area contributed by atoms with Crippen LogP contribution in [0.2, 0.25) is 0 Å². The molecule has 0 aromatic rings. The average Bonchev–Trinajstić information content (AvgIpc) is 2.57. The zero-order chi connectivity index (χ0) is 12.1. The summed E-state index contributed by atoms with van der Waals surface area (Å²) < 4.78 is 4.88. The summed E-state index contributed by atoms with van der Waals surface area (Å²) in [5.74, 6) is -1.51. The highest BCUT2D eigenvalue weighted by Gasteiger charge is 2.35. The number of carbonyl (C=O) groups excluding carboxylic acids is 2. The smallest absolute Gasteiger partial charge is 0.335 e. The molecule has 1 aliphatic carbocycles. The molecule has 0 heterocycles. The lowest BCUT2D eigenvalue weighted by atomic mass is 9.98. The van der Waals surface area contributed by atoms with Crippen molar-refractivity contribution in [2.75, 3.05) is 6.61 Å². The molecule has 0 aliphatic heterocycles. The van der Waals surface area contributed by atoms with Crippen LogP contribution in [0.1, 0.15) is 33.1 Å². The number of hydrogen-bond donors (Lipinski definition) is 1. The summed E-state index contributed by atoms with van der Waals surface area (Å²) in [5.41, 5.74) is 0.899. The Morgan fingerprint density at radius 3 is 2.88 bits per heavy atom. The van der Waals surface area contributed by atoms with E-state index in [-0.39, 0.29) is 5.78 Å². The van der Waals surface area contributed by atoms with Crippen molar-refractivity contribution in [3.8, 4) is 0 Å². The van der Waals surface area contributed by atoms with Crippen molar-refractivity contribution in [3.05, 3.63) is 11.6 Å². The van der Waals surface area contributed by atoms with E-state index in [1.807, 2.05) is 13.8 Å². The van der Waals surface area contributed by atoms with Crippen LogP contribution in [0.25, 0.3) is 0 Å². The standard InChI is InChI=1S/C12H18O4/c1-3-4-5-16-12(15)11(14)9-6-8(2)7-10(9)13/h7,9,11,14H,3-6H2,1-2H3. The molecule has 90 valence electrons. The Balaban J connectivity index is 2.43. The minimum absolute atomic E-state index is 0.183. The van der Waals surface area contributed by atoms with E-state index in [2.05, 4.69) is 0 Å². The van der Waals surface area contributed by atoms with E-state index >= 15 is 0 Å². The van der Waals surface area contributed by atoms with E-state index < -0.39 is 18.0 Å². The normalized spacial score (nSPS) is 21.8. The molecule has 1 rings (SSSR count). The number of hydrogen-bond acceptors (Lipinski definition) is 4. The highest BCUT2D eigenvalue weighted by Crippen LogP contribution is 2.25. The van der Waals surface area contributed by atoms with Gasteiger partial charge in [-0.3, -0.25) is 4.79 Å². The van der Waals surface area contributed by atoms with Gasteiger partial charge in [-0.1, -0.05) is 18.9 Å². The number of esters is 1. The van der Waals surface area contributed by atoms with Gasteiger partial charge >= 0.3 is 5.97 Å². The molecule has 4 heteroatoms. The minimum Gasteiger partial charge on any atom is -0.464 e. The van der Waals surface area contributed by atoms with Gasteiger partial charge < -0.3 is 9.84 Å². The minimum atomic E-state index is -1.32. The lowest BCUT2D eigenvalue weighted by Gasteiger charge is -2.15. The molecule has 1 aliphatic rings. The molecule has 1 N–H and O–H groups in total. The van der Waals surface area contributed by atoms with Gasteiger partial charge in [-0.25, -0.2) is 4.79 Å². The zero-order valence-electron chi connectivity index (χ0n) is 9.73. The predicted molar refractivity (Wildman–Crippen MR) is 58.7 cm³/mol. The molecule has 16 heavy (non-hydrogen) atoms. The Bertz CT molecular complexity index is 306. The van der Waals surface area contributed by atoms with E-state index in [0.717, 1.165) is 18.4 Å². The summed E-state index contributed by atoms with van der Waals surface area (Å²) in [4.78, 5) is 22.8. The predicted octanol–water partition coefficient (Wildman–Crippen LogP) is 1.23. The Morgan fingerprint density at radius 2 is 2.38 bits per heavy atom. The quantitative estimate of drug-likeness (QED) is 0.565. The summed E-state index contributed by atoms with van der Waals surface area (Å²) in [5, 5.41) is 9.68. The number of rotatable bonds is 5. The first-order valence-electron chi connectivity index (χ1n) is 5.62. The Kier molecular flexibility index (Phi) is 4.68. The average molecular weight is 226 g/mol. The lowest BCUT2D eigenvalue weighted by Crippen LogP contribution is -2.34. The van der Waals surface area contributed by atoms with Crippen LogP contribution in [0.15, 0.2) is 11.6 Å². The van der Waals surface area contributed by atoms with Crippen LogP contribution in [0.4, 0.5) is 0 Å². The molecule has 0 fully saturated rings. The molecule has 0 spiro atoms. The molecule has 0 aromatic carbocycles. The van der Waals surface area contributed by atoms with Crippen LogP contribution in [0.5, 0.6) is 0 Å². The van der Waals surface area contributed by atoms with Crippen molar-refractivity contribution in [1.82, 2.24) is 0 Å². The van der Waals surface area contributed by atoms with Crippen LogP contribution in [0, 0.1) is 5.92 Å². The lowest BCUT2D eigenvalue weighted by molar-refractivity contribution is -0.158. The number of aliphatic hydroxyl groups is 1. The highest BCUT2D eigenvalue weighted by molar-refractivity contribution is 5.98. The molecule has 0 saturated heterocycles. The maximum atomic E-state index is 11.4. The van der Waals surface area contributed by atoms with Crippen molar-refractivity contribution in [2.24, 2.45) is 5.92 Å². The van der Waals surface area contributed by atoms with Gasteiger partial charge in [0.2, 0.25) is 0 Å². The first-order valence-corrected chi connectivity index (χ1v) is 5.62. The van der Waals surface area contributed by atoms with Crippen molar-refractivity contribution in [3.63, 3.8) is 0 Å². The molecule has 0 radical (unpaired) electrons. The second-order valence-electron chi connectivity index (χ2n) is 4.17. The zero-order valence-corrected chi connectivity index (χ0v) is 9.73. The second kappa shape index (κ2) is 5.80. The van der Waals surface area contributed by atoms with E-state index in [9.17, 15) is 14.7 Å². The van der Waals surface area contributed by atoms with E-state index in [1.165, 1.54) is 6.08 Å². The molecular weight excluding hydrogens is 208 g/mol. The molecule has 0 saturated carbocycles. The van der Waals surface area contributed by atoms with Crippen LogP contribution < -0.4 is 0 Å². The van der Waals surface area contributed by atoms with Crippen molar-refractivity contribution in [2.45, 2.75) is 39.2 Å². The fourth-order valence-electron chi connectivity index (χ4n) is 1.69. The van der Waals surface area contributed by atoms with Crippen LogP contribution in [-0.4, -0.2) is 29.6 Å². The van der Waals surface area contributed by atoms with E-state index in [0.29, 0.717) is 13.0 Å². The van der Waals surface area contributed by atoms with Gasteiger partial charge in [0, 0.05) is 0 Å². The second-order valence-corrected chi connectivity index (χ2v) is 4.17. The third-order valence-corrected chi connectivity index (χ3v) is 2.66. The number of unbranched alkanes of at least 4 members (excludes halogenated alkanes) is 1. The first-order chi connectivity index (χ1) is 7.56. The number of allylic oxidation sites excluding steroid dienone is 2. The summed E-state index contributed by atoms with van der Waals surface area (Å²) in [7, 11) is 0.